The van der Waals surface area contributed by atoms with Crippen LogP contribution >= 0.6 is 0 Å². The topological polar surface area (TPSA) is 84.5 Å². The Balaban J connectivity index is 2.16. The van der Waals surface area contributed by atoms with Gasteiger partial charge in [0.05, 0.1) is 17.9 Å². The van der Waals surface area contributed by atoms with Gasteiger partial charge in [-0.2, -0.15) is 5.10 Å². The number of rotatable bonds is 2. The summed E-state index contributed by atoms with van der Waals surface area (Å²) in [6, 6.07) is -0.512. The molecule has 2 amide bonds. The molecule has 1 aliphatic rings. The van der Waals surface area contributed by atoms with Crippen LogP contribution in [0.5, 0.6) is 0 Å². The Bertz CT molecular complexity index is 453. The molecule has 1 aromatic heterocycles. The first kappa shape index (κ1) is 11.5. The molecule has 0 spiro atoms. The number of hydrogen-bond acceptors (Lipinski definition) is 4. The minimum absolute atomic E-state index is 0.0625. The van der Waals surface area contributed by atoms with Crippen molar-refractivity contribution in [1.29, 1.82) is 0 Å². The van der Waals surface area contributed by atoms with E-state index in [1.165, 1.54) is 5.01 Å². The first-order chi connectivity index (χ1) is 8.08. The van der Waals surface area contributed by atoms with Gasteiger partial charge in [0, 0.05) is 30.4 Å². The summed E-state index contributed by atoms with van der Waals surface area (Å²) in [6.45, 7) is 4.44. The Morgan fingerprint density at radius 2 is 2.24 bits per heavy atom. The second-order valence-corrected chi connectivity index (χ2v) is 4.11. The van der Waals surface area contributed by atoms with Gasteiger partial charge in [0.2, 0.25) is 0 Å². The van der Waals surface area contributed by atoms with Crippen LogP contribution in [-0.2, 0) is 0 Å². The molecule has 6 nitrogen and oxygen atoms in total. The highest BCUT2D eigenvalue weighted by Gasteiger charge is 2.24. The summed E-state index contributed by atoms with van der Waals surface area (Å²) >= 11 is 0. The molecule has 2 rings (SSSR count). The van der Waals surface area contributed by atoms with Crippen LogP contribution in [0, 0.1) is 6.92 Å². The second kappa shape index (κ2) is 4.48. The fraction of sp³-hybridized carbons (Fsp3) is 0.455. The highest BCUT2D eigenvalue weighted by molar-refractivity contribution is 5.93. The zero-order valence-electron chi connectivity index (χ0n) is 9.92. The van der Waals surface area contributed by atoms with E-state index in [-0.39, 0.29) is 5.92 Å². The van der Waals surface area contributed by atoms with Crippen LogP contribution in [0.2, 0.25) is 0 Å². The molecular weight excluding hydrogens is 218 g/mol. The van der Waals surface area contributed by atoms with Crippen molar-refractivity contribution >= 4 is 11.7 Å². The minimum atomic E-state index is -0.512. The van der Waals surface area contributed by atoms with E-state index in [0.717, 1.165) is 23.5 Å². The number of amides is 2. The number of urea groups is 1. The van der Waals surface area contributed by atoms with E-state index in [1.807, 2.05) is 13.8 Å². The maximum absolute atomic E-state index is 11.0. The number of nitrogens with two attached hydrogens (primary N) is 1. The number of primary amides is 1. The van der Waals surface area contributed by atoms with Crippen molar-refractivity contribution in [3.63, 3.8) is 0 Å². The fourth-order valence-electron chi connectivity index (χ4n) is 1.73. The third-order valence-electron chi connectivity index (χ3n) is 2.83. The van der Waals surface area contributed by atoms with E-state index in [2.05, 4.69) is 15.1 Å². The molecule has 1 aliphatic heterocycles. The lowest BCUT2D eigenvalue weighted by molar-refractivity contribution is 0.215. The standard InChI is InChI=1S/C11H15N5O/c1-7-5-14-10(6-13-7)8(2)9-3-4-16(15-9)11(12)17/h5-6,8H,3-4H2,1-2H3,(H2,12,17)/t8-/m0/s1. The van der Waals surface area contributed by atoms with E-state index in [9.17, 15) is 4.79 Å². The molecular formula is C11H15N5O. The highest BCUT2D eigenvalue weighted by Crippen LogP contribution is 2.20. The molecule has 2 heterocycles. The van der Waals surface area contributed by atoms with Gasteiger partial charge in [-0.1, -0.05) is 6.92 Å². The molecule has 0 saturated heterocycles. The number of carbonyl (C=O) groups excluding carboxylic acids is 1. The van der Waals surface area contributed by atoms with Gasteiger partial charge in [-0.15, -0.1) is 0 Å². The zero-order valence-corrected chi connectivity index (χ0v) is 9.92. The highest BCUT2D eigenvalue weighted by atomic mass is 16.2. The maximum atomic E-state index is 11.0. The van der Waals surface area contributed by atoms with Gasteiger partial charge in [0.15, 0.2) is 0 Å². The van der Waals surface area contributed by atoms with Gasteiger partial charge in [-0.3, -0.25) is 9.97 Å². The fourth-order valence-corrected chi connectivity index (χ4v) is 1.73. The number of hydrogen-bond donors (Lipinski definition) is 1. The summed E-state index contributed by atoms with van der Waals surface area (Å²) in [4.78, 5) is 19.5. The lowest BCUT2D eigenvalue weighted by atomic mass is 10.0. The lowest BCUT2D eigenvalue weighted by Gasteiger charge is -2.09. The third kappa shape index (κ3) is 2.41. The van der Waals surface area contributed by atoms with Crippen molar-refractivity contribution in [3.8, 4) is 0 Å². The monoisotopic (exact) mass is 233 g/mol. The van der Waals surface area contributed by atoms with E-state index in [0.29, 0.717) is 6.54 Å². The summed E-state index contributed by atoms with van der Waals surface area (Å²) < 4.78 is 0. The van der Waals surface area contributed by atoms with Crippen LogP contribution < -0.4 is 5.73 Å². The van der Waals surface area contributed by atoms with Gasteiger partial charge in [0.25, 0.3) is 0 Å². The molecule has 90 valence electrons. The molecule has 0 saturated carbocycles. The number of carbonyl (C=O) groups is 1. The number of aryl methyl sites for hydroxylation is 1. The van der Waals surface area contributed by atoms with Crippen LogP contribution in [0.3, 0.4) is 0 Å². The van der Waals surface area contributed by atoms with Crippen LogP contribution in [0.4, 0.5) is 4.79 Å². The summed E-state index contributed by atoms with van der Waals surface area (Å²) in [7, 11) is 0. The van der Waals surface area contributed by atoms with Crippen LogP contribution in [0.25, 0.3) is 0 Å². The lowest BCUT2D eigenvalue weighted by Crippen LogP contribution is -2.29. The van der Waals surface area contributed by atoms with E-state index < -0.39 is 6.03 Å². The van der Waals surface area contributed by atoms with Gasteiger partial charge >= 0.3 is 6.03 Å². The molecule has 17 heavy (non-hydrogen) atoms. The summed E-state index contributed by atoms with van der Waals surface area (Å²) in [6.07, 6.45) is 4.21. The summed E-state index contributed by atoms with van der Waals surface area (Å²) in [5.41, 5.74) is 7.83. The first-order valence-corrected chi connectivity index (χ1v) is 5.51. The molecule has 0 fully saturated rings. The maximum Gasteiger partial charge on any atom is 0.335 e. The average molecular weight is 233 g/mol. The average Bonchev–Trinajstić information content (AvgIpc) is 2.78. The van der Waals surface area contributed by atoms with Crippen molar-refractivity contribution in [3.05, 3.63) is 23.8 Å². The molecule has 0 unspecified atom stereocenters. The third-order valence-corrected chi connectivity index (χ3v) is 2.83. The minimum Gasteiger partial charge on any atom is -0.350 e. The van der Waals surface area contributed by atoms with E-state index in [4.69, 9.17) is 5.73 Å². The Morgan fingerprint density at radius 1 is 1.47 bits per heavy atom. The normalized spacial score (nSPS) is 16.8. The molecule has 2 N–H and O–H groups in total. The molecule has 0 aliphatic carbocycles. The van der Waals surface area contributed by atoms with Crippen LogP contribution in [0.15, 0.2) is 17.5 Å². The zero-order chi connectivity index (χ0) is 12.4. The van der Waals surface area contributed by atoms with E-state index in [1.54, 1.807) is 12.4 Å². The van der Waals surface area contributed by atoms with Crippen molar-refractivity contribution in [1.82, 2.24) is 15.0 Å². The van der Waals surface area contributed by atoms with Gasteiger partial charge in [-0.05, 0) is 6.92 Å². The van der Waals surface area contributed by atoms with Crippen molar-refractivity contribution in [2.24, 2.45) is 10.8 Å². The van der Waals surface area contributed by atoms with Crippen molar-refractivity contribution < 1.29 is 4.79 Å². The Hall–Kier alpha value is -1.98. The molecule has 6 heteroatoms. The Kier molecular flexibility index (Phi) is 3.03. The van der Waals surface area contributed by atoms with Crippen molar-refractivity contribution in [2.75, 3.05) is 6.54 Å². The van der Waals surface area contributed by atoms with Gasteiger partial charge < -0.3 is 5.73 Å². The molecule has 1 aromatic rings. The summed E-state index contributed by atoms with van der Waals surface area (Å²) in [5, 5.41) is 5.48. The van der Waals surface area contributed by atoms with E-state index >= 15 is 0 Å². The first-order valence-electron chi connectivity index (χ1n) is 5.51. The molecule has 0 aromatic carbocycles. The number of aromatic nitrogens is 2. The second-order valence-electron chi connectivity index (χ2n) is 4.11. The SMILES string of the molecule is Cc1cnc([C@@H](C)C2=NN(C(N)=O)CC2)cn1. The Labute approximate surface area is 99.5 Å². The van der Waals surface area contributed by atoms with Gasteiger partial charge in [0.1, 0.15) is 0 Å². The van der Waals surface area contributed by atoms with Gasteiger partial charge in [-0.25, -0.2) is 9.80 Å². The Morgan fingerprint density at radius 3 is 2.76 bits per heavy atom. The largest absolute Gasteiger partial charge is 0.350 e. The van der Waals surface area contributed by atoms with Crippen LogP contribution in [-0.4, -0.2) is 33.3 Å². The quantitative estimate of drug-likeness (QED) is 0.827. The molecule has 1 atom stereocenters. The molecule has 0 bridgehead atoms. The van der Waals surface area contributed by atoms with Crippen molar-refractivity contribution in [2.45, 2.75) is 26.2 Å². The predicted molar refractivity (Wildman–Crippen MR) is 63.5 cm³/mol. The number of hydrazone groups is 1. The smallest absolute Gasteiger partial charge is 0.335 e. The predicted octanol–water partition coefficient (Wildman–Crippen LogP) is 1.03. The van der Waals surface area contributed by atoms with Crippen LogP contribution in [0.1, 0.15) is 30.7 Å². The number of nitrogens with zero attached hydrogens (tertiary/aromatic N) is 4. The summed E-state index contributed by atoms with van der Waals surface area (Å²) in [5.74, 6) is 0.0625. The molecule has 0 radical (unpaired) electrons.